The Bertz CT molecular complexity index is 461. The first-order valence-electron chi connectivity index (χ1n) is 7.59. The lowest BCUT2D eigenvalue weighted by Crippen LogP contribution is -2.44. The van der Waals surface area contributed by atoms with Crippen molar-refractivity contribution in [2.75, 3.05) is 13.1 Å². The van der Waals surface area contributed by atoms with Crippen molar-refractivity contribution in [2.45, 2.75) is 44.9 Å². The van der Waals surface area contributed by atoms with Gasteiger partial charge in [0.25, 0.3) is 0 Å². The Labute approximate surface area is 125 Å². The molecule has 1 aliphatic rings. The maximum absolute atomic E-state index is 13.8. The normalized spacial score (nSPS) is 22.8. The van der Waals surface area contributed by atoms with E-state index in [1.807, 2.05) is 32.0 Å². The molecule has 0 spiro atoms. The SMILES string of the molecule is CC(C)(CCc1ccccc1)OC(=O)C1CCNCC1F. The number of benzene rings is 1. The number of aryl methyl sites for hydroxylation is 1. The number of carbonyl (C=O) groups excluding carboxylic acids is 1. The predicted molar refractivity (Wildman–Crippen MR) is 80.8 cm³/mol. The van der Waals surface area contributed by atoms with Crippen molar-refractivity contribution in [3.05, 3.63) is 35.9 Å². The second-order valence-corrected chi connectivity index (χ2v) is 6.28. The van der Waals surface area contributed by atoms with Crippen molar-refractivity contribution in [3.63, 3.8) is 0 Å². The maximum atomic E-state index is 13.8. The first-order chi connectivity index (χ1) is 9.98. The van der Waals surface area contributed by atoms with Crippen molar-refractivity contribution < 1.29 is 13.9 Å². The van der Waals surface area contributed by atoms with Crippen LogP contribution >= 0.6 is 0 Å². The molecule has 2 unspecified atom stereocenters. The van der Waals surface area contributed by atoms with Gasteiger partial charge in [0.05, 0.1) is 5.92 Å². The standard InChI is InChI=1S/C17H24FNO2/c1-17(2,10-8-13-6-4-3-5-7-13)21-16(20)14-9-11-19-12-15(14)18/h3-7,14-15,19H,8-12H2,1-2H3. The molecular weight excluding hydrogens is 269 g/mol. The van der Waals surface area contributed by atoms with E-state index < -0.39 is 23.7 Å². The van der Waals surface area contributed by atoms with Gasteiger partial charge < -0.3 is 10.1 Å². The van der Waals surface area contributed by atoms with Crippen molar-refractivity contribution >= 4 is 5.97 Å². The van der Waals surface area contributed by atoms with Gasteiger partial charge in [-0.15, -0.1) is 0 Å². The largest absolute Gasteiger partial charge is 0.459 e. The lowest BCUT2D eigenvalue weighted by Gasteiger charge is -2.31. The Hall–Kier alpha value is -1.42. The van der Waals surface area contributed by atoms with Crippen LogP contribution in [0.3, 0.4) is 0 Å². The van der Waals surface area contributed by atoms with Crippen LogP contribution in [-0.4, -0.2) is 30.8 Å². The minimum atomic E-state index is -1.14. The van der Waals surface area contributed by atoms with E-state index in [1.165, 1.54) is 5.56 Å². The van der Waals surface area contributed by atoms with Crippen LogP contribution in [0.25, 0.3) is 0 Å². The number of alkyl halides is 1. The molecule has 21 heavy (non-hydrogen) atoms. The molecule has 0 aromatic heterocycles. The summed E-state index contributed by atoms with van der Waals surface area (Å²) in [5, 5.41) is 2.95. The molecule has 0 radical (unpaired) electrons. The molecule has 2 atom stereocenters. The molecule has 1 N–H and O–H groups in total. The number of hydrogen-bond acceptors (Lipinski definition) is 3. The average molecular weight is 293 g/mol. The number of esters is 1. The highest BCUT2D eigenvalue weighted by Crippen LogP contribution is 2.24. The van der Waals surface area contributed by atoms with Crippen LogP contribution in [0.5, 0.6) is 0 Å². The fourth-order valence-corrected chi connectivity index (χ4v) is 2.58. The zero-order chi connectivity index (χ0) is 15.3. The Morgan fingerprint density at radius 3 is 2.76 bits per heavy atom. The molecule has 2 rings (SSSR count). The van der Waals surface area contributed by atoms with Crippen LogP contribution in [0.4, 0.5) is 4.39 Å². The predicted octanol–water partition coefficient (Wildman–Crippen LogP) is 2.89. The molecule has 0 saturated carbocycles. The molecule has 1 aliphatic heterocycles. The third-order valence-electron chi connectivity index (χ3n) is 3.95. The Kier molecular flexibility index (Phi) is 5.34. The Morgan fingerprint density at radius 2 is 2.10 bits per heavy atom. The third-order valence-corrected chi connectivity index (χ3v) is 3.95. The Balaban J connectivity index is 1.86. The molecule has 1 heterocycles. The van der Waals surface area contributed by atoms with Crippen molar-refractivity contribution in [2.24, 2.45) is 5.92 Å². The van der Waals surface area contributed by atoms with E-state index in [2.05, 4.69) is 17.4 Å². The van der Waals surface area contributed by atoms with E-state index in [1.54, 1.807) is 0 Å². The van der Waals surface area contributed by atoms with Gasteiger partial charge in [-0.3, -0.25) is 4.79 Å². The molecular formula is C17H24FNO2. The highest BCUT2D eigenvalue weighted by atomic mass is 19.1. The first kappa shape index (κ1) is 16.0. The quantitative estimate of drug-likeness (QED) is 0.848. The lowest BCUT2D eigenvalue weighted by atomic mass is 9.95. The summed E-state index contributed by atoms with van der Waals surface area (Å²) in [4.78, 5) is 12.1. The number of piperidine rings is 1. The van der Waals surface area contributed by atoms with E-state index in [9.17, 15) is 9.18 Å². The van der Waals surface area contributed by atoms with E-state index >= 15 is 0 Å². The monoisotopic (exact) mass is 293 g/mol. The topological polar surface area (TPSA) is 38.3 Å². The van der Waals surface area contributed by atoms with Crippen LogP contribution in [0, 0.1) is 5.92 Å². The molecule has 1 aromatic rings. The molecule has 0 bridgehead atoms. The van der Waals surface area contributed by atoms with Crippen LogP contribution < -0.4 is 5.32 Å². The van der Waals surface area contributed by atoms with Crippen molar-refractivity contribution in [1.29, 1.82) is 0 Å². The van der Waals surface area contributed by atoms with Crippen LogP contribution in [-0.2, 0) is 16.0 Å². The second-order valence-electron chi connectivity index (χ2n) is 6.28. The molecule has 116 valence electrons. The fourth-order valence-electron chi connectivity index (χ4n) is 2.58. The van der Waals surface area contributed by atoms with Gasteiger partial charge in [-0.05, 0) is 45.2 Å². The van der Waals surface area contributed by atoms with Crippen LogP contribution in [0.15, 0.2) is 30.3 Å². The van der Waals surface area contributed by atoms with Gasteiger partial charge in [-0.25, -0.2) is 4.39 Å². The third kappa shape index (κ3) is 4.81. The van der Waals surface area contributed by atoms with Gasteiger partial charge in [0.15, 0.2) is 0 Å². The minimum Gasteiger partial charge on any atom is -0.459 e. The summed E-state index contributed by atoms with van der Waals surface area (Å²) in [6, 6.07) is 10.1. The highest BCUT2D eigenvalue weighted by molar-refractivity contribution is 5.73. The number of ether oxygens (including phenoxy) is 1. The molecule has 1 aromatic carbocycles. The zero-order valence-corrected chi connectivity index (χ0v) is 12.8. The van der Waals surface area contributed by atoms with Gasteiger partial charge in [-0.2, -0.15) is 0 Å². The van der Waals surface area contributed by atoms with Gasteiger partial charge in [0.2, 0.25) is 0 Å². The average Bonchev–Trinajstić information content (AvgIpc) is 2.46. The second kappa shape index (κ2) is 7.03. The number of hydrogen-bond donors (Lipinski definition) is 1. The van der Waals surface area contributed by atoms with E-state index in [-0.39, 0.29) is 6.54 Å². The maximum Gasteiger partial charge on any atom is 0.312 e. The molecule has 0 aliphatic carbocycles. The van der Waals surface area contributed by atoms with Gasteiger partial charge >= 0.3 is 5.97 Å². The molecule has 1 fully saturated rings. The summed E-state index contributed by atoms with van der Waals surface area (Å²) in [6.45, 7) is 4.69. The number of halogens is 1. The van der Waals surface area contributed by atoms with Gasteiger partial charge in [0, 0.05) is 6.54 Å². The fraction of sp³-hybridized carbons (Fsp3) is 0.588. The highest BCUT2D eigenvalue weighted by Gasteiger charge is 2.35. The Morgan fingerprint density at radius 1 is 1.38 bits per heavy atom. The molecule has 4 heteroatoms. The summed E-state index contributed by atoms with van der Waals surface area (Å²) < 4.78 is 19.3. The number of nitrogens with one attached hydrogen (secondary N) is 1. The van der Waals surface area contributed by atoms with Crippen LogP contribution in [0.1, 0.15) is 32.3 Å². The lowest BCUT2D eigenvalue weighted by molar-refractivity contribution is -0.165. The summed E-state index contributed by atoms with van der Waals surface area (Å²) in [6.07, 6.45) is 0.933. The van der Waals surface area contributed by atoms with Crippen LogP contribution in [0.2, 0.25) is 0 Å². The number of carbonyl (C=O) groups is 1. The summed E-state index contributed by atoms with van der Waals surface area (Å²) in [5.41, 5.74) is 0.643. The van der Waals surface area contributed by atoms with Gasteiger partial charge in [0.1, 0.15) is 11.8 Å². The van der Waals surface area contributed by atoms with E-state index in [4.69, 9.17) is 4.74 Å². The minimum absolute atomic E-state index is 0.240. The summed E-state index contributed by atoms with van der Waals surface area (Å²) >= 11 is 0. The summed E-state index contributed by atoms with van der Waals surface area (Å²) in [5.74, 6) is -1.02. The van der Waals surface area contributed by atoms with E-state index in [0.717, 1.165) is 12.8 Å². The number of rotatable bonds is 5. The van der Waals surface area contributed by atoms with Crippen molar-refractivity contribution in [3.8, 4) is 0 Å². The smallest absolute Gasteiger partial charge is 0.312 e. The van der Waals surface area contributed by atoms with E-state index in [0.29, 0.717) is 13.0 Å². The molecule has 3 nitrogen and oxygen atoms in total. The van der Waals surface area contributed by atoms with Crippen molar-refractivity contribution in [1.82, 2.24) is 5.32 Å². The van der Waals surface area contributed by atoms with Gasteiger partial charge in [-0.1, -0.05) is 30.3 Å². The molecule has 1 saturated heterocycles. The molecule has 0 amide bonds. The summed E-state index contributed by atoms with van der Waals surface area (Å²) in [7, 11) is 0. The zero-order valence-electron chi connectivity index (χ0n) is 12.8. The first-order valence-corrected chi connectivity index (χ1v) is 7.59.